The van der Waals surface area contributed by atoms with Crippen LogP contribution in [-0.4, -0.2) is 28.0 Å². The first-order valence-corrected chi connectivity index (χ1v) is 9.40. The van der Waals surface area contributed by atoms with Crippen molar-refractivity contribution in [2.75, 3.05) is 12.4 Å². The molecule has 2 aromatic carbocycles. The molecule has 0 spiro atoms. The smallest absolute Gasteiger partial charge is 0.273 e. The van der Waals surface area contributed by atoms with Gasteiger partial charge in [0.2, 0.25) is 0 Å². The van der Waals surface area contributed by atoms with Gasteiger partial charge in [0.15, 0.2) is 10.2 Å². The predicted molar refractivity (Wildman–Crippen MR) is 113 cm³/mol. The predicted octanol–water partition coefficient (Wildman–Crippen LogP) is 4.30. The Morgan fingerprint density at radius 1 is 1.36 bits per heavy atom. The number of rotatable bonds is 4. The minimum absolute atomic E-state index is 0.0188. The summed E-state index contributed by atoms with van der Waals surface area (Å²) in [6.45, 7) is 1.60. The van der Waals surface area contributed by atoms with Crippen LogP contribution >= 0.6 is 35.2 Å². The van der Waals surface area contributed by atoms with Crippen LogP contribution in [0.15, 0.2) is 30.3 Å². The van der Waals surface area contributed by atoms with Gasteiger partial charge in [-0.1, -0.05) is 29.0 Å². The van der Waals surface area contributed by atoms with E-state index in [0.29, 0.717) is 27.0 Å². The number of fused-ring (bicyclic) bond motifs is 1. The molecule has 0 aliphatic heterocycles. The van der Waals surface area contributed by atoms with Gasteiger partial charge in [-0.05, 0) is 31.3 Å². The first-order valence-electron chi connectivity index (χ1n) is 7.80. The average Bonchev–Trinajstić information content (AvgIpc) is 3.01. The number of nitro benzene ring substituents is 1. The van der Waals surface area contributed by atoms with Gasteiger partial charge in [0.1, 0.15) is 5.75 Å². The highest BCUT2D eigenvalue weighted by molar-refractivity contribution is 7.80. The maximum Gasteiger partial charge on any atom is 0.273 e. The van der Waals surface area contributed by atoms with Crippen LogP contribution in [0.25, 0.3) is 10.2 Å². The molecule has 0 atom stereocenters. The van der Waals surface area contributed by atoms with Crippen molar-refractivity contribution < 1.29 is 14.5 Å². The van der Waals surface area contributed by atoms with Crippen molar-refractivity contribution in [1.82, 2.24) is 10.3 Å². The fourth-order valence-corrected chi connectivity index (χ4v) is 3.76. The number of aromatic nitrogens is 1. The van der Waals surface area contributed by atoms with E-state index in [-0.39, 0.29) is 16.4 Å². The second-order valence-electron chi connectivity index (χ2n) is 5.64. The largest absolute Gasteiger partial charge is 0.495 e. The fraction of sp³-hybridized carbons (Fsp3) is 0.118. The van der Waals surface area contributed by atoms with E-state index in [1.807, 2.05) is 0 Å². The van der Waals surface area contributed by atoms with Gasteiger partial charge in [0, 0.05) is 23.3 Å². The third-order valence-electron chi connectivity index (χ3n) is 3.78. The molecule has 0 fully saturated rings. The van der Waals surface area contributed by atoms with Gasteiger partial charge in [-0.25, -0.2) is 4.98 Å². The third-order valence-corrected chi connectivity index (χ3v) is 5.21. The van der Waals surface area contributed by atoms with Crippen LogP contribution in [0.3, 0.4) is 0 Å². The number of amides is 1. The highest BCUT2D eigenvalue weighted by atomic mass is 35.5. The Morgan fingerprint density at radius 3 is 2.79 bits per heavy atom. The molecule has 0 aliphatic carbocycles. The average molecular weight is 437 g/mol. The SMILES string of the molecule is COc1cc2sc(NC(=S)NC(=O)c3ccc(C)c([N+](=O)[O-])c3)nc2cc1Cl. The standard InChI is InChI=1S/C17H13ClN4O4S2/c1-8-3-4-9(5-12(8)22(24)25)15(23)20-16(27)21-17-19-11-6-10(18)13(26-2)7-14(11)28-17/h3-7H,1-2H3,(H2,19,20,21,23,27). The molecule has 1 amide bonds. The van der Waals surface area contributed by atoms with Crippen LogP contribution in [0, 0.1) is 17.0 Å². The van der Waals surface area contributed by atoms with Crippen LogP contribution in [0.2, 0.25) is 5.02 Å². The zero-order valence-electron chi connectivity index (χ0n) is 14.6. The van der Waals surface area contributed by atoms with E-state index >= 15 is 0 Å². The van der Waals surface area contributed by atoms with Gasteiger partial charge >= 0.3 is 0 Å². The first-order chi connectivity index (χ1) is 13.3. The zero-order valence-corrected chi connectivity index (χ0v) is 17.0. The normalized spacial score (nSPS) is 10.5. The summed E-state index contributed by atoms with van der Waals surface area (Å²) in [5.41, 5.74) is 1.11. The van der Waals surface area contributed by atoms with Crippen molar-refractivity contribution in [3.63, 3.8) is 0 Å². The van der Waals surface area contributed by atoms with Gasteiger partial charge in [-0.15, -0.1) is 0 Å². The number of carbonyl (C=O) groups is 1. The quantitative estimate of drug-likeness (QED) is 0.356. The molecule has 3 aromatic rings. The summed E-state index contributed by atoms with van der Waals surface area (Å²) in [5, 5.41) is 17.2. The van der Waals surface area contributed by atoms with Gasteiger partial charge in [0.25, 0.3) is 11.6 Å². The molecule has 0 bridgehead atoms. The molecule has 0 saturated heterocycles. The van der Waals surface area contributed by atoms with E-state index in [2.05, 4.69) is 15.6 Å². The molecule has 11 heteroatoms. The number of hydrogen-bond acceptors (Lipinski definition) is 7. The number of benzene rings is 2. The summed E-state index contributed by atoms with van der Waals surface area (Å²) in [7, 11) is 1.52. The van der Waals surface area contributed by atoms with Gasteiger partial charge in [-0.3, -0.25) is 20.2 Å². The maximum absolute atomic E-state index is 12.3. The lowest BCUT2D eigenvalue weighted by atomic mass is 10.1. The van der Waals surface area contributed by atoms with E-state index in [1.54, 1.807) is 19.1 Å². The van der Waals surface area contributed by atoms with Crippen LogP contribution in [0.4, 0.5) is 10.8 Å². The Hall–Kier alpha value is -2.82. The van der Waals surface area contributed by atoms with Crippen molar-refractivity contribution in [2.45, 2.75) is 6.92 Å². The summed E-state index contributed by atoms with van der Waals surface area (Å²) in [4.78, 5) is 27.2. The first kappa shape index (κ1) is 19.9. The number of halogens is 1. The van der Waals surface area contributed by atoms with Crippen molar-refractivity contribution in [2.24, 2.45) is 0 Å². The Balaban J connectivity index is 1.73. The number of ether oxygens (including phenoxy) is 1. The van der Waals surface area contributed by atoms with E-state index < -0.39 is 10.8 Å². The van der Waals surface area contributed by atoms with Gasteiger partial charge in [0.05, 0.1) is 27.3 Å². The summed E-state index contributed by atoms with van der Waals surface area (Å²) in [6.07, 6.45) is 0. The number of thiazole rings is 1. The molecule has 0 saturated carbocycles. The molecule has 0 unspecified atom stereocenters. The molecule has 8 nitrogen and oxygen atoms in total. The number of aryl methyl sites for hydroxylation is 1. The molecule has 3 rings (SSSR count). The maximum atomic E-state index is 12.3. The zero-order chi connectivity index (χ0) is 20.4. The molecule has 0 aliphatic rings. The molecule has 28 heavy (non-hydrogen) atoms. The molecule has 1 heterocycles. The lowest BCUT2D eigenvalue weighted by Crippen LogP contribution is -2.34. The Kier molecular flexibility index (Phi) is 5.73. The second kappa shape index (κ2) is 8.05. The topological polar surface area (TPSA) is 106 Å². The highest BCUT2D eigenvalue weighted by Gasteiger charge is 2.16. The minimum Gasteiger partial charge on any atom is -0.495 e. The fourth-order valence-electron chi connectivity index (χ4n) is 2.39. The summed E-state index contributed by atoms with van der Waals surface area (Å²) in [5.74, 6) is -0.0346. The summed E-state index contributed by atoms with van der Waals surface area (Å²) >= 11 is 12.5. The monoisotopic (exact) mass is 436 g/mol. The molecule has 1 aromatic heterocycles. The number of anilines is 1. The number of nitrogens with one attached hydrogen (secondary N) is 2. The number of carbonyl (C=O) groups excluding carboxylic acids is 1. The summed E-state index contributed by atoms with van der Waals surface area (Å²) < 4.78 is 6.00. The van der Waals surface area contributed by atoms with Crippen LogP contribution in [-0.2, 0) is 0 Å². The second-order valence-corrected chi connectivity index (χ2v) is 7.49. The van der Waals surface area contributed by atoms with E-state index in [1.165, 1.54) is 36.6 Å². The minimum atomic E-state index is -0.563. The van der Waals surface area contributed by atoms with Crippen molar-refractivity contribution in [3.8, 4) is 5.75 Å². The van der Waals surface area contributed by atoms with E-state index in [9.17, 15) is 14.9 Å². The third kappa shape index (κ3) is 4.19. The van der Waals surface area contributed by atoms with E-state index in [4.69, 9.17) is 28.6 Å². The number of hydrogen-bond donors (Lipinski definition) is 2. The molecular formula is C17H13ClN4O4S2. The Labute approximate surface area is 173 Å². The Bertz CT molecular complexity index is 1120. The number of nitro groups is 1. The Morgan fingerprint density at radius 2 is 2.11 bits per heavy atom. The van der Waals surface area contributed by atoms with Crippen LogP contribution in [0.5, 0.6) is 5.75 Å². The number of methoxy groups -OCH3 is 1. The van der Waals surface area contributed by atoms with Gasteiger partial charge < -0.3 is 10.1 Å². The lowest BCUT2D eigenvalue weighted by molar-refractivity contribution is -0.385. The molecule has 2 N–H and O–H groups in total. The van der Waals surface area contributed by atoms with Crippen molar-refractivity contribution >= 4 is 67.2 Å². The number of thiocarbonyl (C=S) groups is 1. The highest BCUT2D eigenvalue weighted by Crippen LogP contribution is 2.34. The van der Waals surface area contributed by atoms with Crippen LogP contribution < -0.4 is 15.4 Å². The van der Waals surface area contributed by atoms with Crippen molar-refractivity contribution in [3.05, 3.63) is 56.6 Å². The number of nitrogens with zero attached hydrogens (tertiary/aromatic N) is 2. The van der Waals surface area contributed by atoms with E-state index in [0.717, 1.165) is 4.70 Å². The van der Waals surface area contributed by atoms with Gasteiger partial charge in [-0.2, -0.15) is 0 Å². The molecular weight excluding hydrogens is 424 g/mol. The lowest BCUT2D eigenvalue weighted by Gasteiger charge is -2.07. The molecule has 0 radical (unpaired) electrons. The molecule has 144 valence electrons. The van der Waals surface area contributed by atoms with Crippen LogP contribution in [0.1, 0.15) is 15.9 Å². The van der Waals surface area contributed by atoms with Crippen molar-refractivity contribution in [1.29, 1.82) is 0 Å². The summed E-state index contributed by atoms with van der Waals surface area (Å²) in [6, 6.07) is 7.64.